The van der Waals surface area contributed by atoms with Gasteiger partial charge in [0, 0.05) is 12.2 Å². The monoisotopic (exact) mass is 393 g/mol. The molecule has 4 nitrogen and oxygen atoms in total. The van der Waals surface area contributed by atoms with Crippen LogP contribution in [0.5, 0.6) is 0 Å². The highest BCUT2D eigenvalue weighted by Crippen LogP contribution is 2.29. The van der Waals surface area contributed by atoms with Gasteiger partial charge in [-0.15, -0.1) is 0 Å². The first-order valence-electron chi connectivity index (χ1n) is 9.96. The third-order valence-corrected chi connectivity index (χ3v) is 6.71. The molecule has 27 heavy (non-hydrogen) atoms. The van der Waals surface area contributed by atoms with Gasteiger partial charge in [-0.1, -0.05) is 39.8 Å². The number of amides is 1. The zero-order valence-corrected chi connectivity index (χ0v) is 19.8. The Balaban J connectivity index is 2.90. The molecule has 0 spiro atoms. The molecule has 0 heterocycles. The Morgan fingerprint density at radius 1 is 1.11 bits per heavy atom. The molecule has 0 atom stereocenters. The smallest absolute Gasteiger partial charge is 0.414 e. The van der Waals surface area contributed by atoms with Crippen LogP contribution < -0.4 is 4.90 Å². The Morgan fingerprint density at radius 2 is 1.74 bits per heavy atom. The number of hydrogen-bond donors (Lipinski definition) is 0. The molecule has 0 unspecified atom stereocenters. The lowest BCUT2D eigenvalue weighted by Crippen LogP contribution is -2.37. The number of hydrogen-bond acceptors (Lipinski definition) is 3. The average molecular weight is 394 g/mol. The summed E-state index contributed by atoms with van der Waals surface area (Å²) in [5, 5.41) is 0. The summed E-state index contributed by atoms with van der Waals surface area (Å²) in [5.41, 5.74) is 1.72. The highest BCUT2D eigenvalue weighted by atomic mass is 28.4. The summed E-state index contributed by atoms with van der Waals surface area (Å²) in [5.74, 6) is 0. The first-order valence-corrected chi connectivity index (χ1v) is 13.1. The van der Waals surface area contributed by atoms with Crippen LogP contribution in [0.2, 0.25) is 19.1 Å². The lowest BCUT2D eigenvalue weighted by molar-refractivity contribution is 0.0580. The summed E-state index contributed by atoms with van der Waals surface area (Å²) in [6.07, 6.45) is 0.566. The average Bonchev–Trinajstić information content (AvgIpc) is 2.47. The van der Waals surface area contributed by atoms with Gasteiger partial charge in [-0.05, 0) is 69.4 Å². The number of anilines is 1. The summed E-state index contributed by atoms with van der Waals surface area (Å²) >= 11 is 0. The molecule has 0 aromatic heterocycles. The van der Waals surface area contributed by atoms with E-state index in [9.17, 15) is 4.79 Å². The van der Waals surface area contributed by atoms with Crippen LogP contribution in [-0.2, 0) is 15.8 Å². The Kier molecular flexibility index (Phi) is 8.11. The van der Waals surface area contributed by atoms with Crippen molar-refractivity contribution in [3.05, 3.63) is 29.8 Å². The van der Waals surface area contributed by atoms with E-state index in [1.807, 2.05) is 39.0 Å². The van der Waals surface area contributed by atoms with Crippen molar-refractivity contribution >= 4 is 20.1 Å². The summed E-state index contributed by atoms with van der Waals surface area (Å²) in [7, 11) is -1.74. The van der Waals surface area contributed by atoms with E-state index in [0.29, 0.717) is 13.2 Å². The van der Waals surface area contributed by atoms with Crippen molar-refractivity contribution in [2.24, 2.45) is 5.41 Å². The SMILES string of the molecule is CCCN(C(=O)OC(C)(C)C)c1cccc(CO[Si](C)(C)CC(C)(C)C)c1. The van der Waals surface area contributed by atoms with Gasteiger partial charge in [-0.25, -0.2) is 4.79 Å². The zero-order valence-electron chi connectivity index (χ0n) is 18.8. The third-order valence-electron chi connectivity index (χ3n) is 3.87. The van der Waals surface area contributed by atoms with Crippen molar-refractivity contribution < 1.29 is 14.0 Å². The zero-order chi connectivity index (χ0) is 20.9. The maximum atomic E-state index is 12.6. The number of carbonyl (C=O) groups excluding carboxylic acids is 1. The molecular formula is C22H39NO3Si. The molecule has 0 saturated carbocycles. The lowest BCUT2D eigenvalue weighted by Gasteiger charge is -2.31. The number of ether oxygens (including phenoxy) is 1. The van der Waals surface area contributed by atoms with Crippen molar-refractivity contribution in [1.29, 1.82) is 0 Å². The fourth-order valence-electron chi connectivity index (χ4n) is 3.29. The molecule has 1 aromatic rings. The Labute approximate surface area is 167 Å². The van der Waals surface area contributed by atoms with E-state index in [1.165, 1.54) is 0 Å². The second-order valence-electron chi connectivity index (χ2n) is 10.1. The van der Waals surface area contributed by atoms with Gasteiger partial charge in [-0.2, -0.15) is 0 Å². The topological polar surface area (TPSA) is 38.8 Å². The predicted molar refractivity (Wildman–Crippen MR) is 117 cm³/mol. The maximum absolute atomic E-state index is 12.6. The maximum Gasteiger partial charge on any atom is 0.414 e. The molecule has 0 aliphatic rings. The number of nitrogens with zero attached hydrogens (tertiary/aromatic N) is 1. The van der Waals surface area contributed by atoms with Gasteiger partial charge in [-0.3, -0.25) is 4.90 Å². The number of benzene rings is 1. The van der Waals surface area contributed by atoms with Gasteiger partial charge >= 0.3 is 6.09 Å². The van der Waals surface area contributed by atoms with Gasteiger partial charge in [0.2, 0.25) is 0 Å². The fraction of sp³-hybridized carbons (Fsp3) is 0.682. The molecule has 0 fully saturated rings. The minimum absolute atomic E-state index is 0.270. The van der Waals surface area contributed by atoms with Crippen LogP contribution in [0.25, 0.3) is 0 Å². The minimum Gasteiger partial charge on any atom is -0.443 e. The van der Waals surface area contributed by atoms with E-state index in [4.69, 9.17) is 9.16 Å². The van der Waals surface area contributed by atoms with E-state index in [0.717, 1.165) is 23.7 Å². The standard InChI is InChI=1S/C22H39NO3Si/c1-10-14-23(20(24)26-22(5,6)7)19-13-11-12-18(15-19)16-25-27(8,9)17-21(2,3)4/h11-13,15H,10,14,16-17H2,1-9H3. The van der Waals surface area contributed by atoms with Crippen LogP contribution in [0.3, 0.4) is 0 Å². The third kappa shape index (κ3) is 9.43. The van der Waals surface area contributed by atoms with E-state index >= 15 is 0 Å². The molecule has 0 saturated heterocycles. The summed E-state index contributed by atoms with van der Waals surface area (Å²) < 4.78 is 11.9. The van der Waals surface area contributed by atoms with Crippen molar-refractivity contribution in [3.8, 4) is 0 Å². The van der Waals surface area contributed by atoms with Crippen LogP contribution >= 0.6 is 0 Å². The lowest BCUT2D eigenvalue weighted by atomic mass is 10.0. The Bertz CT molecular complexity index is 615. The van der Waals surface area contributed by atoms with Crippen molar-refractivity contribution in [3.63, 3.8) is 0 Å². The quantitative estimate of drug-likeness (QED) is 0.489. The van der Waals surface area contributed by atoms with Crippen LogP contribution in [0.15, 0.2) is 24.3 Å². The van der Waals surface area contributed by atoms with Crippen LogP contribution in [0.1, 0.15) is 60.5 Å². The first kappa shape index (κ1) is 23.7. The van der Waals surface area contributed by atoms with Crippen LogP contribution in [0, 0.1) is 5.41 Å². The van der Waals surface area contributed by atoms with Gasteiger partial charge in [0.05, 0.1) is 6.61 Å². The Hall–Kier alpha value is -1.33. The van der Waals surface area contributed by atoms with E-state index < -0.39 is 13.9 Å². The van der Waals surface area contributed by atoms with Crippen molar-refractivity contribution in [2.75, 3.05) is 11.4 Å². The number of rotatable bonds is 7. The van der Waals surface area contributed by atoms with E-state index in [-0.39, 0.29) is 11.5 Å². The van der Waals surface area contributed by atoms with E-state index in [1.54, 1.807) is 4.90 Å². The molecule has 1 aromatic carbocycles. The van der Waals surface area contributed by atoms with Crippen molar-refractivity contribution in [1.82, 2.24) is 0 Å². The molecule has 0 bridgehead atoms. The second kappa shape index (κ2) is 9.24. The molecule has 154 valence electrons. The Morgan fingerprint density at radius 3 is 2.26 bits per heavy atom. The largest absolute Gasteiger partial charge is 0.443 e. The van der Waals surface area contributed by atoms with Gasteiger partial charge in [0.1, 0.15) is 5.60 Å². The number of carbonyl (C=O) groups is 1. The predicted octanol–water partition coefficient (Wildman–Crippen LogP) is 6.61. The van der Waals surface area contributed by atoms with Gasteiger partial charge in [0.25, 0.3) is 0 Å². The molecular weight excluding hydrogens is 354 g/mol. The van der Waals surface area contributed by atoms with Crippen LogP contribution in [-0.4, -0.2) is 26.6 Å². The van der Waals surface area contributed by atoms with Gasteiger partial charge in [0.15, 0.2) is 8.32 Å². The second-order valence-corrected chi connectivity index (χ2v) is 14.2. The van der Waals surface area contributed by atoms with Crippen LogP contribution in [0.4, 0.5) is 10.5 Å². The summed E-state index contributed by atoms with van der Waals surface area (Å²) in [6.45, 7) is 20.3. The molecule has 0 radical (unpaired) electrons. The minimum atomic E-state index is -1.74. The first-order chi connectivity index (χ1) is 12.2. The molecule has 0 N–H and O–H groups in total. The fourth-order valence-corrected chi connectivity index (χ4v) is 6.50. The summed E-state index contributed by atoms with van der Waals surface area (Å²) in [6, 6.07) is 9.16. The molecule has 5 heteroatoms. The van der Waals surface area contributed by atoms with Crippen molar-refractivity contribution in [2.45, 2.75) is 86.2 Å². The normalized spacial score (nSPS) is 12.8. The summed E-state index contributed by atoms with van der Waals surface area (Å²) in [4.78, 5) is 14.3. The van der Waals surface area contributed by atoms with Gasteiger partial charge < -0.3 is 9.16 Å². The molecule has 0 aliphatic carbocycles. The highest BCUT2D eigenvalue weighted by molar-refractivity contribution is 6.71. The molecule has 1 rings (SSSR count). The van der Waals surface area contributed by atoms with E-state index in [2.05, 4.69) is 46.9 Å². The molecule has 0 aliphatic heterocycles. The highest BCUT2D eigenvalue weighted by Gasteiger charge is 2.29. The molecule has 1 amide bonds.